The highest BCUT2D eigenvalue weighted by Crippen LogP contribution is 2.68. The number of aliphatic hydroxyl groups is 1. The first kappa shape index (κ1) is 18.2. The van der Waals surface area contributed by atoms with Crippen LogP contribution in [0.2, 0.25) is 0 Å². The SMILES string of the molecule is CC(=O)C1(O)C(Br)CC2C3CCC4CC(=O)CCC4(C)C3CCC21C. The van der Waals surface area contributed by atoms with E-state index in [4.69, 9.17) is 0 Å². The smallest absolute Gasteiger partial charge is 0.163 e. The normalized spacial score (nSPS) is 55.2. The van der Waals surface area contributed by atoms with E-state index in [1.54, 1.807) is 6.92 Å². The zero-order chi connectivity index (χ0) is 18.2. The lowest BCUT2D eigenvalue weighted by atomic mass is 9.44. The second kappa shape index (κ2) is 5.64. The molecule has 4 fully saturated rings. The summed E-state index contributed by atoms with van der Waals surface area (Å²) in [5.74, 6) is 2.55. The molecule has 0 saturated heterocycles. The summed E-state index contributed by atoms with van der Waals surface area (Å²) in [5.41, 5.74) is -1.28. The molecule has 0 aromatic rings. The molecule has 0 spiro atoms. The number of fused-ring (bicyclic) bond motifs is 5. The van der Waals surface area contributed by atoms with Crippen molar-refractivity contribution >= 4 is 27.5 Å². The van der Waals surface area contributed by atoms with Crippen molar-refractivity contribution < 1.29 is 14.7 Å². The molecule has 25 heavy (non-hydrogen) atoms. The maximum atomic E-state index is 12.4. The van der Waals surface area contributed by atoms with E-state index in [0.717, 1.165) is 51.4 Å². The van der Waals surface area contributed by atoms with Crippen LogP contribution < -0.4 is 0 Å². The van der Waals surface area contributed by atoms with Crippen molar-refractivity contribution in [2.24, 2.45) is 34.5 Å². The van der Waals surface area contributed by atoms with Gasteiger partial charge in [0, 0.05) is 18.3 Å². The molecule has 140 valence electrons. The van der Waals surface area contributed by atoms with Crippen molar-refractivity contribution in [3.63, 3.8) is 0 Å². The Labute approximate surface area is 159 Å². The van der Waals surface area contributed by atoms with E-state index in [1.807, 2.05) is 0 Å². The molecule has 1 N–H and O–H groups in total. The van der Waals surface area contributed by atoms with Gasteiger partial charge < -0.3 is 5.11 Å². The first-order valence-corrected chi connectivity index (χ1v) is 11.0. The lowest BCUT2D eigenvalue weighted by molar-refractivity contribution is -0.168. The molecule has 0 heterocycles. The van der Waals surface area contributed by atoms with Gasteiger partial charge in [0.1, 0.15) is 11.4 Å². The molecule has 4 saturated carbocycles. The number of rotatable bonds is 1. The first-order chi connectivity index (χ1) is 11.6. The van der Waals surface area contributed by atoms with E-state index in [2.05, 4.69) is 29.8 Å². The summed E-state index contributed by atoms with van der Waals surface area (Å²) < 4.78 is 0. The van der Waals surface area contributed by atoms with Gasteiger partial charge in [0.05, 0.1) is 4.83 Å². The van der Waals surface area contributed by atoms with Gasteiger partial charge in [-0.05, 0) is 74.5 Å². The van der Waals surface area contributed by atoms with E-state index in [9.17, 15) is 14.7 Å². The Balaban J connectivity index is 1.68. The first-order valence-electron chi connectivity index (χ1n) is 10.0. The monoisotopic (exact) mass is 410 g/mol. The second-order valence-corrected chi connectivity index (χ2v) is 11.0. The number of alkyl halides is 1. The zero-order valence-electron chi connectivity index (χ0n) is 15.7. The standard InChI is InChI=1S/C21H31BrO3/c1-12(23)21(25)18(22)11-17-15-5-4-13-10-14(24)6-8-19(13,2)16(15)7-9-20(17,21)3/h13,15-18,25H,4-11H2,1-3H3. The van der Waals surface area contributed by atoms with Crippen molar-refractivity contribution in [1.29, 1.82) is 0 Å². The molecule has 0 aromatic carbocycles. The van der Waals surface area contributed by atoms with Crippen LogP contribution in [0.5, 0.6) is 0 Å². The van der Waals surface area contributed by atoms with E-state index in [1.165, 1.54) is 0 Å². The molecule has 8 atom stereocenters. The highest BCUT2D eigenvalue weighted by atomic mass is 79.9. The number of ketones is 2. The van der Waals surface area contributed by atoms with Crippen molar-refractivity contribution in [2.45, 2.75) is 82.6 Å². The minimum atomic E-state index is -1.23. The fourth-order valence-electron chi connectivity index (χ4n) is 7.65. The Kier molecular flexibility index (Phi) is 4.10. The van der Waals surface area contributed by atoms with Crippen molar-refractivity contribution in [3.05, 3.63) is 0 Å². The van der Waals surface area contributed by atoms with Crippen LogP contribution in [-0.4, -0.2) is 27.1 Å². The Morgan fingerprint density at radius 3 is 2.56 bits per heavy atom. The Hall–Kier alpha value is -0.220. The molecule has 4 aliphatic carbocycles. The average Bonchev–Trinajstić information content (AvgIpc) is 2.77. The van der Waals surface area contributed by atoms with Crippen molar-refractivity contribution in [2.75, 3.05) is 0 Å². The molecule has 0 bridgehead atoms. The molecule has 3 nitrogen and oxygen atoms in total. The summed E-state index contributed by atoms with van der Waals surface area (Å²) in [6.07, 6.45) is 7.77. The maximum absolute atomic E-state index is 12.4. The van der Waals surface area contributed by atoms with Crippen molar-refractivity contribution in [1.82, 2.24) is 0 Å². The van der Waals surface area contributed by atoms with Crippen LogP contribution in [0, 0.1) is 34.5 Å². The summed E-state index contributed by atoms with van der Waals surface area (Å²) in [4.78, 5) is 24.3. The Morgan fingerprint density at radius 2 is 1.88 bits per heavy atom. The minimum Gasteiger partial charge on any atom is -0.380 e. The molecule has 0 aromatic heterocycles. The van der Waals surface area contributed by atoms with Gasteiger partial charge in [0.2, 0.25) is 0 Å². The summed E-state index contributed by atoms with van der Waals surface area (Å²) in [5, 5.41) is 11.4. The average molecular weight is 411 g/mol. The lowest BCUT2D eigenvalue weighted by Crippen LogP contribution is -2.59. The molecule has 4 rings (SSSR count). The third-order valence-corrected chi connectivity index (χ3v) is 10.2. The van der Waals surface area contributed by atoms with E-state index in [-0.39, 0.29) is 21.4 Å². The third kappa shape index (κ3) is 2.19. The van der Waals surface area contributed by atoms with Crippen LogP contribution >= 0.6 is 15.9 Å². The molecular formula is C21H31BrO3. The van der Waals surface area contributed by atoms with Crippen LogP contribution in [0.3, 0.4) is 0 Å². The number of carbonyl (C=O) groups is 2. The molecular weight excluding hydrogens is 380 g/mol. The van der Waals surface area contributed by atoms with Gasteiger partial charge in [-0.15, -0.1) is 0 Å². The van der Waals surface area contributed by atoms with Gasteiger partial charge in [-0.2, -0.15) is 0 Å². The van der Waals surface area contributed by atoms with Crippen LogP contribution in [-0.2, 0) is 9.59 Å². The highest BCUT2D eigenvalue weighted by molar-refractivity contribution is 9.09. The van der Waals surface area contributed by atoms with Crippen LogP contribution in [0.4, 0.5) is 0 Å². The van der Waals surface area contributed by atoms with E-state index < -0.39 is 5.60 Å². The Morgan fingerprint density at radius 1 is 1.16 bits per heavy atom. The fourth-order valence-corrected chi connectivity index (χ4v) is 8.90. The number of hydrogen-bond donors (Lipinski definition) is 1. The van der Waals surface area contributed by atoms with Gasteiger partial charge in [-0.25, -0.2) is 0 Å². The van der Waals surface area contributed by atoms with Gasteiger partial charge >= 0.3 is 0 Å². The summed E-state index contributed by atoms with van der Waals surface area (Å²) >= 11 is 3.68. The molecule has 4 aliphatic rings. The predicted molar refractivity (Wildman–Crippen MR) is 100 cm³/mol. The topological polar surface area (TPSA) is 54.4 Å². The zero-order valence-corrected chi connectivity index (χ0v) is 17.3. The predicted octanol–water partition coefficient (Wildman–Crippen LogP) is 4.29. The largest absolute Gasteiger partial charge is 0.380 e. The summed E-state index contributed by atoms with van der Waals surface area (Å²) in [6, 6.07) is 0. The molecule has 4 heteroatoms. The summed E-state index contributed by atoms with van der Waals surface area (Å²) in [6.45, 7) is 6.15. The summed E-state index contributed by atoms with van der Waals surface area (Å²) in [7, 11) is 0. The van der Waals surface area contributed by atoms with Gasteiger partial charge in [-0.3, -0.25) is 9.59 Å². The van der Waals surface area contributed by atoms with E-state index in [0.29, 0.717) is 29.5 Å². The molecule has 0 amide bonds. The van der Waals surface area contributed by atoms with Gasteiger partial charge in [-0.1, -0.05) is 29.8 Å². The third-order valence-electron chi connectivity index (χ3n) is 9.19. The van der Waals surface area contributed by atoms with Crippen LogP contribution in [0.25, 0.3) is 0 Å². The fraction of sp³-hybridized carbons (Fsp3) is 0.905. The number of halogens is 1. The number of carbonyl (C=O) groups excluding carboxylic acids is 2. The maximum Gasteiger partial charge on any atom is 0.163 e. The molecule has 0 aliphatic heterocycles. The van der Waals surface area contributed by atoms with E-state index >= 15 is 0 Å². The number of hydrogen-bond acceptors (Lipinski definition) is 3. The lowest BCUT2D eigenvalue weighted by Gasteiger charge is -2.60. The quantitative estimate of drug-likeness (QED) is 0.655. The second-order valence-electron chi connectivity index (χ2n) is 9.88. The van der Waals surface area contributed by atoms with Crippen LogP contribution in [0.15, 0.2) is 0 Å². The minimum absolute atomic E-state index is 0.0824. The number of Topliss-reactive ketones (excluding diaryl/α,β-unsaturated/α-hetero) is 2. The van der Waals surface area contributed by atoms with Crippen LogP contribution in [0.1, 0.15) is 72.1 Å². The van der Waals surface area contributed by atoms with Gasteiger partial charge in [0.25, 0.3) is 0 Å². The molecule has 0 radical (unpaired) electrons. The van der Waals surface area contributed by atoms with Crippen molar-refractivity contribution in [3.8, 4) is 0 Å². The van der Waals surface area contributed by atoms with Gasteiger partial charge in [0.15, 0.2) is 5.78 Å². The molecule has 8 unspecified atom stereocenters. The Bertz CT molecular complexity index is 618. The highest BCUT2D eigenvalue weighted by Gasteiger charge is 2.69.